The lowest BCUT2D eigenvalue weighted by atomic mass is 9.79. The maximum Gasteiger partial charge on any atom is 0.0931 e. The van der Waals surface area contributed by atoms with Crippen LogP contribution in [0, 0.1) is 0 Å². The number of piperidine rings is 1. The largest absolute Gasteiger partial charge is 0.369 e. The normalized spacial score (nSPS) is 23.0. The minimum Gasteiger partial charge on any atom is -0.369 e. The van der Waals surface area contributed by atoms with Gasteiger partial charge in [-0.3, -0.25) is 0 Å². The van der Waals surface area contributed by atoms with Crippen molar-refractivity contribution in [2.75, 3.05) is 26.2 Å². The zero-order chi connectivity index (χ0) is 14.4. The Morgan fingerprint density at radius 3 is 2.24 bits per heavy atom. The summed E-state index contributed by atoms with van der Waals surface area (Å²) >= 11 is 0. The van der Waals surface area contributed by atoms with Gasteiger partial charge in [0.25, 0.3) is 0 Å². The third-order valence-electron chi connectivity index (χ3n) is 5.20. The quantitative estimate of drug-likeness (QED) is 0.798. The van der Waals surface area contributed by atoms with E-state index in [1.54, 1.807) is 0 Å². The van der Waals surface area contributed by atoms with Crippen molar-refractivity contribution >= 4 is 0 Å². The Morgan fingerprint density at radius 1 is 0.857 bits per heavy atom. The second-order valence-corrected chi connectivity index (χ2v) is 6.67. The molecular weight excluding hydrogens is 258 g/mol. The molecule has 2 nitrogen and oxygen atoms in total. The van der Waals surface area contributed by atoms with Gasteiger partial charge in [0, 0.05) is 6.54 Å². The van der Waals surface area contributed by atoms with Crippen molar-refractivity contribution < 1.29 is 4.74 Å². The van der Waals surface area contributed by atoms with Crippen molar-refractivity contribution in [3.63, 3.8) is 0 Å². The fraction of sp³-hybridized carbons (Fsp3) is 0.684. The van der Waals surface area contributed by atoms with Crippen LogP contribution in [0.4, 0.5) is 0 Å². The monoisotopic (exact) mass is 287 g/mol. The topological polar surface area (TPSA) is 12.5 Å². The molecule has 0 radical (unpaired) electrons. The fourth-order valence-electron chi connectivity index (χ4n) is 3.93. The van der Waals surface area contributed by atoms with Crippen LogP contribution in [-0.4, -0.2) is 31.1 Å². The Morgan fingerprint density at radius 2 is 1.52 bits per heavy atom. The number of nitrogens with zero attached hydrogens (tertiary/aromatic N) is 1. The third kappa shape index (κ3) is 3.87. The first-order valence-electron chi connectivity index (χ1n) is 8.81. The standard InChI is InChI=1S/C19H29NO/c1-4-10-18(11-5-1)19(12-6-2-7-13-19)21-17-16-20-14-8-3-9-15-20/h1,4-5,10-11H,2-3,6-9,12-17H2. The smallest absolute Gasteiger partial charge is 0.0931 e. The molecule has 0 bridgehead atoms. The molecule has 2 aliphatic rings. The Hall–Kier alpha value is -0.860. The number of rotatable bonds is 5. The Bertz CT molecular complexity index is 405. The average molecular weight is 287 g/mol. The predicted molar refractivity (Wildman–Crippen MR) is 87.4 cm³/mol. The van der Waals surface area contributed by atoms with Gasteiger partial charge < -0.3 is 9.64 Å². The molecular formula is C19H29NO. The van der Waals surface area contributed by atoms with E-state index < -0.39 is 0 Å². The lowest BCUT2D eigenvalue weighted by Gasteiger charge is -2.38. The van der Waals surface area contributed by atoms with Gasteiger partial charge in [-0.15, -0.1) is 0 Å². The maximum atomic E-state index is 6.52. The molecule has 0 atom stereocenters. The molecule has 1 aromatic rings. The highest BCUT2D eigenvalue weighted by Crippen LogP contribution is 2.40. The van der Waals surface area contributed by atoms with Gasteiger partial charge in [-0.05, 0) is 44.3 Å². The van der Waals surface area contributed by atoms with E-state index in [1.165, 1.54) is 70.0 Å². The van der Waals surface area contributed by atoms with E-state index in [4.69, 9.17) is 4.74 Å². The van der Waals surface area contributed by atoms with Crippen LogP contribution in [-0.2, 0) is 10.3 Å². The molecule has 21 heavy (non-hydrogen) atoms. The molecule has 0 amide bonds. The average Bonchev–Trinajstić information content (AvgIpc) is 2.58. The van der Waals surface area contributed by atoms with E-state index in [0.717, 1.165) is 13.2 Å². The molecule has 116 valence electrons. The highest BCUT2D eigenvalue weighted by molar-refractivity contribution is 5.23. The van der Waals surface area contributed by atoms with Crippen LogP contribution in [0.25, 0.3) is 0 Å². The first-order chi connectivity index (χ1) is 10.4. The molecule has 1 saturated carbocycles. The molecule has 1 heterocycles. The van der Waals surface area contributed by atoms with Crippen LogP contribution in [0.1, 0.15) is 56.9 Å². The van der Waals surface area contributed by atoms with Crippen molar-refractivity contribution in [2.45, 2.75) is 57.0 Å². The van der Waals surface area contributed by atoms with Gasteiger partial charge in [-0.1, -0.05) is 56.0 Å². The maximum absolute atomic E-state index is 6.52. The molecule has 1 aromatic carbocycles. The van der Waals surface area contributed by atoms with Crippen molar-refractivity contribution in [3.05, 3.63) is 35.9 Å². The SMILES string of the molecule is c1ccc(C2(OCCN3CCCCC3)CCCCC2)cc1. The van der Waals surface area contributed by atoms with Crippen molar-refractivity contribution in [2.24, 2.45) is 0 Å². The zero-order valence-electron chi connectivity index (χ0n) is 13.2. The van der Waals surface area contributed by atoms with Crippen LogP contribution in [0.5, 0.6) is 0 Å². The summed E-state index contributed by atoms with van der Waals surface area (Å²) in [4.78, 5) is 2.57. The first-order valence-corrected chi connectivity index (χ1v) is 8.81. The minimum atomic E-state index is -0.00467. The highest BCUT2D eigenvalue weighted by atomic mass is 16.5. The van der Waals surface area contributed by atoms with Crippen molar-refractivity contribution in [1.82, 2.24) is 4.90 Å². The summed E-state index contributed by atoms with van der Waals surface area (Å²) < 4.78 is 6.52. The van der Waals surface area contributed by atoms with E-state index in [2.05, 4.69) is 35.2 Å². The predicted octanol–water partition coefficient (Wildman–Crippen LogP) is 4.35. The summed E-state index contributed by atoms with van der Waals surface area (Å²) in [6.45, 7) is 4.52. The minimum absolute atomic E-state index is 0.00467. The van der Waals surface area contributed by atoms with Crippen molar-refractivity contribution in [3.8, 4) is 0 Å². The van der Waals surface area contributed by atoms with E-state index in [-0.39, 0.29) is 5.60 Å². The van der Waals surface area contributed by atoms with E-state index in [1.807, 2.05) is 0 Å². The highest BCUT2D eigenvalue weighted by Gasteiger charge is 2.34. The van der Waals surface area contributed by atoms with Crippen LogP contribution >= 0.6 is 0 Å². The lowest BCUT2D eigenvalue weighted by molar-refractivity contribution is -0.0821. The van der Waals surface area contributed by atoms with Crippen LogP contribution in [0.3, 0.4) is 0 Å². The number of hydrogen-bond donors (Lipinski definition) is 0. The van der Waals surface area contributed by atoms with E-state index in [0.29, 0.717) is 0 Å². The van der Waals surface area contributed by atoms with Gasteiger partial charge in [0.15, 0.2) is 0 Å². The third-order valence-corrected chi connectivity index (χ3v) is 5.20. The molecule has 2 fully saturated rings. The molecule has 2 heteroatoms. The Balaban J connectivity index is 1.60. The summed E-state index contributed by atoms with van der Waals surface area (Å²) in [6, 6.07) is 10.9. The summed E-state index contributed by atoms with van der Waals surface area (Å²) in [7, 11) is 0. The molecule has 1 saturated heterocycles. The van der Waals surface area contributed by atoms with Crippen molar-refractivity contribution in [1.29, 1.82) is 0 Å². The van der Waals surface area contributed by atoms with Gasteiger partial charge in [0.05, 0.1) is 12.2 Å². The zero-order valence-corrected chi connectivity index (χ0v) is 13.2. The molecule has 0 unspecified atom stereocenters. The van der Waals surface area contributed by atoms with Gasteiger partial charge in [-0.2, -0.15) is 0 Å². The van der Waals surface area contributed by atoms with Gasteiger partial charge in [-0.25, -0.2) is 0 Å². The second-order valence-electron chi connectivity index (χ2n) is 6.67. The fourth-order valence-corrected chi connectivity index (χ4v) is 3.93. The Kier molecular flexibility index (Phi) is 5.32. The number of ether oxygens (including phenoxy) is 1. The van der Waals surface area contributed by atoms with Crippen LogP contribution < -0.4 is 0 Å². The summed E-state index contributed by atoms with van der Waals surface area (Å²) in [5.41, 5.74) is 1.39. The molecule has 0 aromatic heterocycles. The first kappa shape index (κ1) is 15.1. The molecule has 0 N–H and O–H groups in total. The summed E-state index contributed by atoms with van der Waals surface area (Å²) in [5.74, 6) is 0. The van der Waals surface area contributed by atoms with Crippen LogP contribution in [0.2, 0.25) is 0 Å². The number of benzene rings is 1. The van der Waals surface area contributed by atoms with Gasteiger partial charge in [0.2, 0.25) is 0 Å². The summed E-state index contributed by atoms with van der Waals surface area (Å²) in [5, 5.41) is 0. The molecule has 3 rings (SSSR count). The summed E-state index contributed by atoms with van der Waals surface area (Å²) in [6.07, 6.45) is 10.5. The van der Waals surface area contributed by atoms with Gasteiger partial charge in [0.1, 0.15) is 0 Å². The second kappa shape index (κ2) is 7.42. The number of likely N-dealkylation sites (tertiary alicyclic amines) is 1. The van der Waals surface area contributed by atoms with Gasteiger partial charge >= 0.3 is 0 Å². The Labute approximate surface area is 129 Å². The molecule has 1 aliphatic heterocycles. The van der Waals surface area contributed by atoms with Crippen LogP contribution in [0.15, 0.2) is 30.3 Å². The number of hydrogen-bond acceptors (Lipinski definition) is 2. The molecule has 0 spiro atoms. The van der Waals surface area contributed by atoms with E-state index in [9.17, 15) is 0 Å². The molecule has 1 aliphatic carbocycles. The van der Waals surface area contributed by atoms with E-state index >= 15 is 0 Å². The lowest BCUT2D eigenvalue weighted by Crippen LogP contribution is -2.37.